The molecule has 200 valence electrons. The lowest BCUT2D eigenvalue weighted by Gasteiger charge is -2.19. The van der Waals surface area contributed by atoms with Crippen LogP contribution in [0.2, 0.25) is 0 Å². The maximum Gasteiger partial charge on any atom is 0.213 e. The number of hydrogen-bond acceptors (Lipinski definition) is 6. The average Bonchev–Trinajstić information content (AvgIpc) is 3.66. The molecule has 0 saturated heterocycles. The van der Waals surface area contributed by atoms with E-state index in [0.717, 1.165) is 43.1 Å². The Morgan fingerprint density at radius 1 is 1.11 bits per heavy atom. The maximum atomic E-state index is 11.9. The van der Waals surface area contributed by atoms with Crippen molar-refractivity contribution < 1.29 is 17.9 Å². The van der Waals surface area contributed by atoms with Crippen LogP contribution < -0.4 is 4.74 Å². The fourth-order valence-electron chi connectivity index (χ4n) is 5.83. The lowest BCUT2D eigenvalue weighted by Crippen LogP contribution is -2.19. The van der Waals surface area contributed by atoms with E-state index < -0.39 is 9.84 Å². The summed E-state index contributed by atoms with van der Waals surface area (Å²) in [6.45, 7) is 7.48. The van der Waals surface area contributed by atoms with Crippen molar-refractivity contribution in [3.05, 3.63) is 30.1 Å². The fourth-order valence-corrected chi connectivity index (χ4v) is 6.66. The zero-order chi connectivity index (χ0) is 25.5. The second-order valence-corrected chi connectivity index (χ2v) is 13.4. The molecule has 4 rings (SSSR count). The third-order valence-electron chi connectivity index (χ3n) is 8.18. The van der Waals surface area contributed by atoms with E-state index in [1.54, 1.807) is 19.1 Å². The van der Waals surface area contributed by atoms with E-state index in [9.17, 15) is 8.42 Å². The minimum atomic E-state index is -3.22. The van der Waals surface area contributed by atoms with Crippen LogP contribution in [0.1, 0.15) is 85.0 Å². The Hall–Kier alpha value is -1.89. The predicted molar refractivity (Wildman–Crippen MR) is 144 cm³/mol. The van der Waals surface area contributed by atoms with Gasteiger partial charge in [-0.25, -0.2) is 18.4 Å². The Morgan fingerprint density at radius 2 is 1.89 bits per heavy atom. The standard InChI is InChI=1S/C29H44N2O4S/c1-4-36(32,33)25-14-15-28(30-20-25)34-18-16-24-19-26(24)22-9-5-6-10-23(12-7-11-22)29-31-27(21(2)3)13-8-17-35-29/h13-15,20-24,26H,4-12,16-19H2,1-3H3. The van der Waals surface area contributed by atoms with Gasteiger partial charge in [0.15, 0.2) is 15.7 Å². The molecule has 2 saturated carbocycles. The van der Waals surface area contributed by atoms with Gasteiger partial charge in [-0.1, -0.05) is 59.0 Å². The Labute approximate surface area is 217 Å². The van der Waals surface area contributed by atoms with Crippen LogP contribution in [-0.4, -0.2) is 38.3 Å². The van der Waals surface area contributed by atoms with Crippen molar-refractivity contribution in [2.45, 2.75) is 89.9 Å². The number of sulfone groups is 1. The molecule has 0 spiro atoms. The summed E-state index contributed by atoms with van der Waals surface area (Å²) < 4.78 is 35.8. The van der Waals surface area contributed by atoms with Crippen molar-refractivity contribution in [3.63, 3.8) is 0 Å². The molecular formula is C29H44N2O4S. The number of rotatable bonds is 9. The molecule has 4 atom stereocenters. The monoisotopic (exact) mass is 516 g/mol. The van der Waals surface area contributed by atoms with E-state index in [1.165, 1.54) is 63.3 Å². The first-order valence-corrected chi connectivity index (χ1v) is 15.8. The molecule has 2 aliphatic carbocycles. The molecule has 1 aromatic heterocycles. The molecule has 0 amide bonds. The van der Waals surface area contributed by atoms with Gasteiger partial charge in [0.05, 0.1) is 23.9 Å². The summed E-state index contributed by atoms with van der Waals surface area (Å²) >= 11 is 0. The molecule has 0 bridgehead atoms. The van der Waals surface area contributed by atoms with Crippen molar-refractivity contribution >= 4 is 15.7 Å². The van der Waals surface area contributed by atoms with Crippen LogP contribution in [0.3, 0.4) is 0 Å². The topological polar surface area (TPSA) is 77.9 Å². The maximum absolute atomic E-state index is 11.9. The molecule has 0 radical (unpaired) electrons. The van der Waals surface area contributed by atoms with E-state index in [0.29, 0.717) is 24.3 Å². The fraction of sp³-hybridized carbons (Fsp3) is 0.724. The Bertz CT molecular complexity index is 1020. The first kappa shape index (κ1) is 27.2. The van der Waals surface area contributed by atoms with Crippen LogP contribution in [0.25, 0.3) is 0 Å². The summed E-state index contributed by atoms with van der Waals surface area (Å²) in [7, 11) is -3.22. The van der Waals surface area contributed by atoms with Gasteiger partial charge < -0.3 is 9.47 Å². The molecule has 4 unspecified atom stereocenters. The molecule has 36 heavy (non-hydrogen) atoms. The third kappa shape index (κ3) is 7.33. The molecule has 3 aliphatic rings. The van der Waals surface area contributed by atoms with E-state index in [2.05, 4.69) is 24.9 Å². The highest BCUT2D eigenvalue weighted by atomic mass is 32.2. The zero-order valence-electron chi connectivity index (χ0n) is 22.3. The van der Waals surface area contributed by atoms with Crippen molar-refractivity contribution in [2.75, 3.05) is 19.0 Å². The second-order valence-electron chi connectivity index (χ2n) is 11.1. The van der Waals surface area contributed by atoms with Crippen LogP contribution in [0, 0.1) is 29.6 Å². The molecule has 6 nitrogen and oxygen atoms in total. The van der Waals surface area contributed by atoms with E-state index in [1.807, 2.05) is 0 Å². The minimum Gasteiger partial charge on any atom is -0.480 e. The summed E-state index contributed by atoms with van der Waals surface area (Å²) in [5.41, 5.74) is 1.19. The van der Waals surface area contributed by atoms with Gasteiger partial charge in [-0.2, -0.15) is 0 Å². The number of aliphatic imine (C=N–C) groups is 1. The average molecular weight is 517 g/mol. The van der Waals surface area contributed by atoms with E-state index in [-0.39, 0.29) is 10.6 Å². The molecular weight excluding hydrogens is 472 g/mol. The molecule has 7 heteroatoms. The number of allylic oxidation sites excluding steroid dienone is 1. The largest absolute Gasteiger partial charge is 0.480 e. The molecule has 2 fully saturated rings. The molecule has 1 aliphatic heterocycles. The Kier molecular flexibility index (Phi) is 9.48. The molecule has 1 aromatic rings. The Morgan fingerprint density at radius 3 is 2.64 bits per heavy atom. The molecule has 0 N–H and O–H groups in total. The lowest BCUT2D eigenvalue weighted by molar-refractivity contribution is 0.275. The van der Waals surface area contributed by atoms with Crippen molar-refractivity contribution in [3.8, 4) is 5.88 Å². The first-order chi connectivity index (χ1) is 17.4. The first-order valence-electron chi connectivity index (χ1n) is 14.1. The van der Waals surface area contributed by atoms with E-state index in [4.69, 9.17) is 14.5 Å². The summed E-state index contributed by atoms with van der Waals surface area (Å²) in [5.74, 6) is 4.92. The summed E-state index contributed by atoms with van der Waals surface area (Å²) in [6, 6.07) is 3.27. The van der Waals surface area contributed by atoms with Gasteiger partial charge in [0.2, 0.25) is 5.88 Å². The number of hydrogen-bond donors (Lipinski definition) is 0. The second kappa shape index (κ2) is 12.6. The summed E-state index contributed by atoms with van der Waals surface area (Å²) in [6.07, 6.45) is 15.9. The third-order valence-corrected chi connectivity index (χ3v) is 9.90. The van der Waals surface area contributed by atoms with Crippen molar-refractivity contribution in [2.24, 2.45) is 34.6 Å². The number of aromatic nitrogens is 1. The molecule has 2 heterocycles. The van der Waals surface area contributed by atoms with Gasteiger partial charge in [-0.15, -0.1) is 0 Å². The van der Waals surface area contributed by atoms with Crippen LogP contribution in [0.4, 0.5) is 0 Å². The van der Waals surface area contributed by atoms with Gasteiger partial charge in [0.1, 0.15) is 0 Å². The van der Waals surface area contributed by atoms with Crippen LogP contribution in [-0.2, 0) is 14.6 Å². The normalized spacial score (nSPS) is 27.6. The molecule has 0 aromatic carbocycles. The SMILES string of the molecule is CCS(=O)(=O)c1ccc(OCCC2CC2C2CCCCC(C3=NC(C(C)C)=CCCO3)CCC2)nc1. The Balaban J connectivity index is 1.22. The van der Waals surface area contributed by atoms with Gasteiger partial charge in [0.25, 0.3) is 0 Å². The highest BCUT2D eigenvalue weighted by Gasteiger charge is 2.42. The number of nitrogens with zero attached hydrogens (tertiary/aromatic N) is 2. The van der Waals surface area contributed by atoms with Gasteiger partial charge in [0, 0.05) is 30.3 Å². The van der Waals surface area contributed by atoms with Gasteiger partial charge in [-0.3, -0.25) is 0 Å². The van der Waals surface area contributed by atoms with Crippen LogP contribution >= 0.6 is 0 Å². The van der Waals surface area contributed by atoms with Gasteiger partial charge >= 0.3 is 0 Å². The summed E-state index contributed by atoms with van der Waals surface area (Å²) in [4.78, 5) is 9.42. The highest BCUT2D eigenvalue weighted by Crippen LogP contribution is 2.50. The predicted octanol–water partition coefficient (Wildman–Crippen LogP) is 6.62. The van der Waals surface area contributed by atoms with Gasteiger partial charge in [-0.05, 0) is 55.4 Å². The number of ether oxygens (including phenoxy) is 2. The van der Waals surface area contributed by atoms with Crippen molar-refractivity contribution in [1.82, 2.24) is 4.98 Å². The van der Waals surface area contributed by atoms with Crippen molar-refractivity contribution in [1.29, 1.82) is 0 Å². The smallest absolute Gasteiger partial charge is 0.213 e. The highest BCUT2D eigenvalue weighted by molar-refractivity contribution is 7.91. The minimum absolute atomic E-state index is 0.0821. The van der Waals surface area contributed by atoms with Crippen LogP contribution in [0.15, 0.2) is 40.0 Å². The lowest BCUT2D eigenvalue weighted by atomic mass is 9.90. The zero-order valence-corrected chi connectivity index (χ0v) is 23.1. The number of pyridine rings is 1. The van der Waals surface area contributed by atoms with E-state index >= 15 is 0 Å². The van der Waals surface area contributed by atoms with Crippen LogP contribution in [0.5, 0.6) is 5.88 Å². The summed E-state index contributed by atoms with van der Waals surface area (Å²) in [5, 5.41) is 0. The quantitative estimate of drug-likeness (QED) is 0.369.